The third-order valence-electron chi connectivity index (χ3n) is 5.98. The van der Waals surface area contributed by atoms with Crippen molar-refractivity contribution in [3.63, 3.8) is 0 Å². The number of anilines is 1. The fourth-order valence-electron chi connectivity index (χ4n) is 4.96. The molecule has 3 heteroatoms. The molecule has 4 unspecified atom stereocenters. The van der Waals surface area contributed by atoms with Crippen molar-refractivity contribution in [3.8, 4) is 0 Å². The molecular weight excluding hydrogens is 262 g/mol. The van der Waals surface area contributed by atoms with Crippen LogP contribution in [0.2, 0.25) is 0 Å². The molecule has 0 radical (unpaired) electrons. The van der Waals surface area contributed by atoms with Crippen LogP contribution in [0.4, 0.5) is 5.69 Å². The SMILES string of the molecule is O=C(O)C1CCN(CC2CC3CCC2C3)c2ccccc21. The summed E-state index contributed by atoms with van der Waals surface area (Å²) in [5.74, 6) is 1.74. The van der Waals surface area contributed by atoms with E-state index in [9.17, 15) is 9.90 Å². The number of benzene rings is 1. The quantitative estimate of drug-likeness (QED) is 0.924. The zero-order chi connectivity index (χ0) is 14.4. The smallest absolute Gasteiger partial charge is 0.311 e. The van der Waals surface area contributed by atoms with E-state index in [0.29, 0.717) is 0 Å². The molecule has 3 aliphatic rings. The van der Waals surface area contributed by atoms with Gasteiger partial charge in [0.15, 0.2) is 0 Å². The van der Waals surface area contributed by atoms with Gasteiger partial charge in [0, 0.05) is 18.8 Å². The summed E-state index contributed by atoms with van der Waals surface area (Å²) in [4.78, 5) is 13.9. The molecule has 112 valence electrons. The van der Waals surface area contributed by atoms with E-state index in [2.05, 4.69) is 11.0 Å². The number of hydrogen-bond donors (Lipinski definition) is 1. The van der Waals surface area contributed by atoms with Gasteiger partial charge in [-0.3, -0.25) is 4.79 Å². The van der Waals surface area contributed by atoms with E-state index in [1.165, 1.54) is 31.4 Å². The standard InChI is InChI=1S/C18H23NO2/c20-18(21)16-7-8-19(17-4-2-1-3-15(16)17)11-14-10-12-5-6-13(14)9-12/h1-4,12-14,16H,5-11H2,(H,20,21). The summed E-state index contributed by atoms with van der Waals surface area (Å²) >= 11 is 0. The van der Waals surface area contributed by atoms with Crippen LogP contribution in [0.15, 0.2) is 24.3 Å². The van der Waals surface area contributed by atoms with Crippen molar-refractivity contribution in [2.45, 2.75) is 38.0 Å². The lowest BCUT2D eigenvalue weighted by atomic mass is 9.86. The average Bonchev–Trinajstić information content (AvgIpc) is 3.10. The number of fused-ring (bicyclic) bond motifs is 3. The molecule has 0 aromatic heterocycles. The molecule has 0 amide bonds. The van der Waals surface area contributed by atoms with Crippen LogP contribution in [0.5, 0.6) is 0 Å². The van der Waals surface area contributed by atoms with Gasteiger partial charge < -0.3 is 10.0 Å². The Kier molecular flexibility index (Phi) is 3.16. The molecule has 1 heterocycles. The van der Waals surface area contributed by atoms with E-state index in [-0.39, 0.29) is 5.92 Å². The lowest BCUT2D eigenvalue weighted by molar-refractivity contribution is -0.139. The normalized spacial score (nSPS) is 34.0. The predicted octanol–water partition coefficient (Wildman–Crippen LogP) is 3.50. The van der Waals surface area contributed by atoms with Crippen LogP contribution >= 0.6 is 0 Å². The van der Waals surface area contributed by atoms with Crippen molar-refractivity contribution in [3.05, 3.63) is 29.8 Å². The number of carbonyl (C=O) groups is 1. The van der Waals surface area contributed by atoms with Crippen LogP contribution in [-0.4, -0.2) is 24.2 Å². The summed E-state index contributed by atoms with van der Waals surface area (Å²) in [5, 5.41) is 9.42. The second-order valence-electron chi connectivity index (χ2n) is 7.12. The van der Waals surface area contributed by atoms with Gasteiger partial charge in [-0.2, -0.15) is 0 Å². The van der Waals surface area contributed by atoms with Gasteiger partial charge in [0.25, 0.3) is 0 Å². The van der Waals surface area contributed by atoms with Crippen molar-refractivity contribution in [2.75, 3.05) is 18.0 Å². The molecule has 3 nitrogen and oxygen atoms in total. The summed E-state index contributed by atoms with van der Waals surface area (Å²) < 4.78 is 0. The molecule has 0 spiro atoms. The first-order valence-electron chi connectivity index (χ1n) is 8.29. The maximum absolute atomic E-state index is 11.5. The Morgan fingerprint density at radius 3 is 2.76 bits per heavy atom. The second-order valence-corrected chi connectivity index (χ2v) is 7.12. The lowest BCUT2D eigenvalue weighted by Crippen LogP contribution is -2.38. The fraction of sp³-hybridized carbons (Fsp3) is 0.611. The number of para-hydroxylation sites is 1. The Morgan fingerprint density at radius 1 is 1.19 bits per heavy atom. The predicted molar refractivity (Wildman–Crippen MR) is 82.6 cm³/mol. The third-order valence-corrected chi connectivity index (χ3v) is 5.98. The molecule has 1 aliphatic heterocycles. The van der Waals surface area contributed by atoms with Crippen molar-refractivity contribution in [1.82, 2.24) is 0 Å². The van der Waals surface area contributed by atoms with Gasteiger partial charge in [-0.05, 0) is 55.1 Å². The Bertz CT molecular complexity index is 556. The zero-order valence-corrected chi connectivity index (χ0v) is 12.4. The van der Waals surface area contributed by atoms with Crippen LogP contribution in [0.25, 0.3) is 0 Å². The van der Waals surface area contributed by atoms with E-state index >= 15 is 0 Å². The second kappa shape index (κ2) is 5.04. The van der Waals surface area contributed by atoms with Gasteiger partial charge >= 0.3 is 5.97 Å². The fourth-order valence-corrected chi connectivity index (χ4v) is 4.96. The molecule has 2 fully saturated rings. The maximum Gasteiger partial charge on any atom is 0.311 e. The molecule has 2 aliphatic carbocycles. The largest absolute Gasteiger partial charge is 0.481 e. The summed E-state index contributed by atoms with van der Waals surface area (Å²) in [7, 11) is 0. The Hall–Kier alpha value is -1.51. The highest BCUT2D eigenvalue weighted by Gasteiger charge is 2.41. The lowest BCUT2D eigenvalue weighted by Gasteiger charge is -2.37. The monoisotopic (exact) mass is 285 g/mol. The zero-order valence-electron chi connectivity index (χ0n) is 12.4. The molecular formula is C18H23NO2. The molecule has 1 aromatic carbocycles. The molecule has 4 atom stereocenters. The average molecular weight is 285 g/mol. The molecule has 2 saturated carbocycles. The number of carboxylic acids is 1. The van der Waals surface area contributed by atoms with Gasteiger partial charge in [-0.25, -0.2) is 0 Å². The number of aliphatic carboxylic acids is 1. The van der Waals surface area contributed by atoms with Gasteiger partial charge in [0.1, 0.15) is 0 Å². The third kappa shape index (κ3) is 2.23. The van der Waals surface area contributed by atoms with E-state index in [1.54, 1.807) is 0 Å². The molecule has 0 saturated heterocycles. The Morgan fingerprint density at radius 2 is 2.05 bits per heavy atom. The summed E-state index contributed by atoms with van der Waals surface area (Å²) in [6, 6.07) is 8.12. The highest BCUT2D eigenvalue weighted by Crippen LogP contribution is 2.49. The van der Waals surface area contributed by atoms with Gasteiger partial charge in [-0.1, -0.05) is 24.6 Å². The topological polar surface area (TPSA) is 40.5 Å². The first-order valence-corrected chi connectivity index (χ1v) is 8.29. The van der Waals surface area contributed by atoms with E-state index in [4.69, 9.17) is 0 Å². The summed E-state index contributed by atoms with van der Waals surface area (Å²) in [6.07, 6.45) is 6.44. The van der Waals surface area contributed by atoms with E-state index < -0.39 is 5.97 Å². The minimum atomic E-state index is -0.679. The van der Waals surface area contributed by atoms with Gasteiger partial charge in [-0.15, -0.1) is 0 Å². The van der Waals surface area contributed by atoms with Crippen molar-refractivity contribution in [1.29, 1.82) is 0 Å². The van der Waals surface area contributed by atoms with Crippen molar-refractivity contribution in [2.24, 2.45) is 17.8 Å². The van der Waals surface area contributed by atoms with E-state index in [1.807, 2.05) is 18.2 Å². The van der Waals surface area contributed by atoms with Crippen molar-refractivity contribution >= 4 is 11.7 Å². The molecule has 1 N–H and O–H groups in total. The number of rotatable bonds is 3. The number of nitrogens with zero attached hydrogens (tertiary/aromatic N) is 1. The van der Waals surface area contributed by atoms with Gasteiger partial charge in [0.2, 0.25) is 0 Å². The summed E-state index contributed by atoms with van der Waals surface area (Å²) in [5.41, 5.74) is 2.18. The van der Waals surface area contributed by atoms with Crippen LogP contribution < -0.4 is 4.90 Å². The van der Waals surface area contributed by atoms with E-state index in [0.717, 1.165) is 42.8 Å². The first kappa shape index (κ1) is 13.2. The molecule has 1 aromatic rings. The molecule has 4 rings (SSSR count). The Balaban J connectivity index is 1.56. The highest BCUT2D eigenvalue weighted by molar-refractivity contribution is 5.80. The van der Waals surface area contributed by atoms with Crippen molar-refractivity contribution < 1.29 is 9.90 Å². The minimum Gasteiger partial charge on any atom is -0.481 e. The first-order chi connectivity index (χ1) is 10.2. The summed E-state index contributed by atoms with van der Waals surface area (Å²) in [6.45, 7) is 2.02. The maximum atomic E-state index is 11.5. The molecule has 21 heavy (non-hydrogen) atoms. The minimum absolute atomic E-state index is 0.322. The highest BCUT2D eigenvalue weighted by atomic mass is 16.4. The van der Waals surface area contributed by atoms with Crippen LogP contribution in [-0.2, 0) is 4.79 Å². The Labute approximate surface area is 126 Å². The van der Waals surface area contributed by atoms with Gasteiger partial charge in [0.05, 0.1) is 5.92 Å². The molecule has 2 bridgehead atoms. The number of carboxylic acid groups (broad SMARTS) is 1. The number of hydrogen-bond acceptors (Lipinski definition) is 2. The van der Waals surface area contributed by atoms with Crippen LogP contribution in [0.3, 0.4) is 0 Å². The van der Waals surface area contributed by atoms with Crippen LogP contribution in [0, 0.1) is 17.8 Å². The van der Waals surface area contributed by atoms with Crippen LogP contribution in [0.1, 0.15) is 43.6 Å².